The minimum Gasteiger partial charge on any atom is -0.379 e. The Morgan fingerprint density at radius 2 is 1.79 bits per heavy atom. The zero-order chi connectivity index (χ0) is 16.4. The fourth-order valence-electron chi connectivity index (χ4n) is 3.79. The Hall–Kier alpha value is -1.86. The Bertz CT molecular complexity index is 662. The maximum absolute atomic E-state index is 13.4. The highest BCUT2D eigenvalue weighted by atomic mass is 19.1. The highest BCUT2D eigenvalue weighted by molar-refractivity contribution is 5.25. The number of hydrogen-bond donors (Lipinski definition) is 0. The molecule has 1 saturated carbocycles. The van der Waals surface area contributed by atoms with Gasteiger partial charge in [-0.25, -0.2) is 9.07 Å². The van der Waals surface area contributed by atoms with Crippen molar-refractivity contribution >= 4 is 0 Å². The number of aromatic nitrogens is 4. The molecule has 0 bridgehead atoms. The smallest absolute Gasteiger partial charge is 0.173 e. The van der Waals surface area contributed by atoms with Crippen LogP contribution in [0.3, 0.4) is 0 Å². The van der Waals surface area contributed by atoms with E-state index in [-0.39, 0.29) is 11.9 Å². The van der Waals surface area contributed by atoms with Crippen molar-refractivity contribution in [1.82, 2.24) is 25.1 Å². The van der Waals surface area contributed by atoms with Crippen LogP contribution in [0, 0.1) is 5.82 Å². The van der Waals surface area contributed by atoms with Crippen LogP contribution < -0.4 is 0 Å². The Kier molecular flexibility index (Phi) is 4.53. The summed E-state index contributed by atoms with van der Waals surface area (Å²) in [5, 5.41) is 12.6. The first-order chi connectivity index (χ1) is 11.8. The molecule has 4 rings (SSSR count). The van der Waals surface area contributed by atoms with Gasteiger partial charge in [-0.2, -0.15) is 0 Å². The average Bonchev–Trinajstić information content (AvgIpc) is 3.29. The van der Waals surface area contributed by atoms with Crippen LogP contribution in [0.2, 0.25) is 0 Å². The van der Waals surface area contributed by atoms with Crippen molar-refractivity contribution in [3.8, 4) is 0 Å². The number of morpholine rings is 1. The molecule has 128 valence electrons. The van der Waals surface area contributed by atoms with Crippen LogP contribution >= 0.6 is 0 Å². The molecular formula is C17H22FN5O. The zero-order valence-electron chi connectivity index (χ0n) is 13.6. The molecule has 2 aliphatic rings. The van der Waals surface area contributed by atoms with Gasteiger partial charge in [-0.05, 0) is 41.0 Å². The van der Waals surface area contributed by atoms with Crippen LogP contribution in [0.15, 0.2) is 24.3 Å². The van der Waals surface area contributed by atoms with E-state index in [4.69, 9.17) is 4.74 Å². The molecule has 2 heterocycles. The molecule has 2 aromatic rings. The first-order valence-corrected chi connectivity index (χ1v) is 8.68. The minimum atomic E-state index is -0.227. The van der Waals surface area contributed by atoms with Crippen molar-refractivity contribution in [1.29, 1.82) is 0 Å². The van der Waals surface area contributed by atoms with E-state index in [0.29, 0.717) is 19.3 Å². The molecule has 1 aliphatic heterocycles. The molecule has 1 saturated heterocycles. The lowest BCUT2D eigenvalue weighted by Crippen LogP contribution is -2.40. The number of ether oxygens (including phenoxy) is 1. The van der Waals surface area contributed by atoms with Crippen LogP contribution in [0.4, 0.5) is 4.39 Å². The van der Waals surface area contributed by atoms with Crippen LogP contribution in [-0.2, 0) is 4.74 Å². The molecule has 24 heavy (non-hydrogen) atoms. The number of hydrogen-bond acceptors (Lipinski definition) is 5. The number of rotatable bonds is 4. The van der Waals surface area contributed by atoms with E-state index in [1.165, 1.54) is 25.0 Å². The normalized spacial score (nSPS) is 21.2. The molecule has 1 aromatic carbocycles. The fraction of sp³-hybridized carbons (Fsp3) is 0.588. The number of nitrogens with zero attached hydrogens (tertiary/aromatic N) is 5. The second kappa shape index (κ2) is 6.94. The third kappa shape index (κ3) is 3.06. The van der Waals surface area contributed by atoms with Crippen molar-refractivity contribution in [3.63, 3.8) is 0 Å². The summed E-state index contributed by atoms with van der Waals surface area (Å²) >= 11 is 0. The van der Waals surface area contributed by atoms with Gasteiger partial charge in [0.05, 0.1) is 25.3 Å². The number of benzene rings is 1. The molecule has 0 amide bonds. The Morgan fingerprint density at radius 1 is 1.08 bits per heavy atom. The molecule has 0 unspecified atom stereocenters. The van der Waals surface area contributed by atoms with Gasteiger partial charge in [0.2, 0.25) is 0 Å². The Balaban J connectivity index is 1.72. The van der Waals surface area contributed by atoms with Crippen molar-refractivity contribution in [2.75, 3.05) is 26.3 Å². The van der Waals surface area contributed by atoms with E-state index in [1.54, 1.807) is 0 Å². The first kappa shape index (κ1) is 15.7. The van der Waals surface area contributed by atoms with Crippen molar-refractivity contribution in [2.24, 2.45) is 0 Å². The van der Waals surface area contributed by atoms with Gasteiger partial charge < -0.3 is 4.74 Å². The summed E-state index contributed by atoms with van der Waals surface area (Å²) in [6.07, 6.45) is 4.69. The highest BCUT2D eigenvalue weighted by Crippen LogP contribution is 2.34. The van der Waals surface area contributed by atoms with Crippen molar-refractivity contribution in [3.05, 3.63) is 41.5 Å². The standard InChI is InChI=1S/C17H22FN5O/c18-14-7-5-13(6-8-14)16(22-9-11-24-12-10-22)17-19-20-21-23(17)15-3-1-2-4-15/h5-8,15-16H,1-4,9-12H2/t16-/m1/s1. The topological polar surface area (TPSA) is 56.1 Å². The van der Waals surface area contributed by atoms with E-state index in [1.807, 2.05) is 16.8 Å². The molecule has 1 aromatic heterocycles. The summed E-state index contributed by atoms with van der Waals surface area (Å²) in [6.45, 7) is 3.03. The van der Waals surface area contributed by atoms with E-state index >= 15 is 0 Å². The van der Waals surface area contributed by atoms with E-state index in [9.17, 15) is 4.39 Å². The van der Waals surface area contributed by atoms with Crippen LogP contribution in [0.1, 0.15) is 49.2 Å². The summed E-state index contributed by atoms with van der Waals surface area (Å²) in [6, 6.07) is 7.00. The summed E-state index contributed by atoms with van der Waals surface area (Å²) in [7, 11) is 0. The summed E-state index contributed by atoms with van der Waals surface area (Å²) < 4.78 is 20.9. The Morgan fingerprint density at radius 3 is 2.50 bits per heavy atom. The van der Waals surface area contributed by atoms with E-state index < -0.39 is 0 Å². The van der Waals surface area contributed by atoms with Crippen LogP contribution in [0.25, 0.3) is 0 Å². The van der Waals surface area contributed by atoms with Crippen LogP contribution in [-0.4, -0.2) is 51.4 Å². The van der Waals surface area contributed by atoms with Crippen LogP contribution in [0.5, 0.6) is 0 Å². The predicted octanol–water partition coefficient (Wildman–Crippen LogP) is 2.35. The third-order valence-electron chi connectivity index (χ3n) is 5.03. The second-order valence-corrected chi connectivity index (χ2v) is 6.52. The van der Waals surface area contributed by atoms with Gasteiger partial charge >= 0.3 is 0 Å². The van der Waals surface area contributed by atoms with E-state index in [2.05, 4.69) is 20.4 Å². The maximum Gasteiger partial charge on any atom is 0.173 e. The lowest BCUT2D eigenvalue weighted by molar-refractivity contribution is 0.0213. The van der Waals surface area contributed by atoms with Gasteiger partial charge in [-0.15, -0.1) is 5.10 Å². The van der Waals surface area contributed by atoms with Gasteiger partial charge in [-0.1, -0.05) is 25.0 Å². The largest absolute Gasteiger partial charge is 0.379 e. The summed E-state index contributed by atoms with van der Waals surface area (Å²) in [4.78, 5) is 2.33. The van der Waals surface area contributed by atoms with Gasteiger partial charge in [-0.3, -0.25) is 4.90 Å². The maximum atomic E-state index is 13.4. The molecule has 2 fully saturated rings. The van der Waals surface area contributed by atoms with Gasteiger partial charge in [0.25, 0.3) is 0 Å². The zero-order valence-corrected chi connectivity index (χ0v) is 13.6. The lowest BCUT2D eigenvalue weighted by Gasteiger charge is -2.34. The quantitative estimate of drug-likeness (QED) is 0.861. The first-order valence-electron chi connectivity index (χ1n) is 8.68. The molecule has 1 aliphatic carbocycles. The number of tetrazole rings is 1. The lowest BCUT2D eigenvalue weighted by atomic mass is 10.0. The third-order valence-corrected chi connectivity index (χ3v) is 5.03. The molecule has 7 heteroatoms. The fourth-order valence-corrected chi connectivity index (χ4v) is 3.79. The monoisotopic (exact) mass is 331 g/mol. The van der Waals surface area contributed by atoms with Gasteiger partial charge in [0.1, 0.15) is 5.82 Å². The summed E-state index contributed by atoms with van der Waals surface area (Å²) in [5.41, 5.74) is 1.02. The van der Waals surface area contributed by atoms with Gasteiger partial charge in [0.15, 0.2) is 5.82 Å². The molecule has 0 spiro atoms. The predicted molar refractivity (Wildman–Crippen MR) is 86.0 cm³/mol. The molecule has 6 nitrogen and oxygen atoms in total. The molecule has 1 atom stereocenters. The molecule has 0 radical (unpaired) electrons. The number of halogens is 1. The van der Waals surface area contributed by atoms with Crippen molar-refractivity contribution in [2.45, 2.75) is 37.8 Å². The SMILES string of the molecule is Fc1ccc([C@H](c2nnnn2C2CCCC2)N2CCOCC2)cc1. The average molecular weight is 331 g/mol. The molecular weight excluding hydrogens is 309 g/mol. The second-order valence-electron chi connectivity index (χ2n) is 6.52. The van der Waals surface area contributed by atoms with E-state index in [0.717, 1.165) is 37.3 Å². The Labute approximate surface area is 140 Å². The molecule has 0 N–H and O–H groups in total. The summed E-state index contributed by atoms with van der Waals surface area (Å²) in [5.74, 6) is 0.630. The highest BCUT2D eigenvalue weighted by Gasteiger charge is 2.32. The van der Waals surface area contributed by atoms with Gasteiger partial charge in [0, 0.05) is 13.1 Å². The van der Waals surface area contributed by atoms with Crippen molar-refractivity contribution < 1.29 is 9.13 Å². The minimum absolute atomic E-state index is 0.0647.